The molecule has 112 valence electrons. The van der Waals surface area contributed by atoms with E-state index >= 15 is 0 Å². The van der Waals surface area contributed by atoms with Crippen LogP contribution in [0.25, 0.3) is 0 Å². The lowest BCUT2D eigenvalue weighted by Crippen LogP contribution is -2.43. The van der Waals surface area contributed by atoms with Crippen molar-refractivity contribution >= 4 is 0 Å². The summed E-state index contributed by atoms with van der Waals surface area (Å²) in [6, 6.07) is 7.70. The predicted molar refractivity (Wildman–Crippen MR) is 79.0 cm³/mol. The second-order valence-corrected chi connectivity index (χ2v) is 5.18. The van der Waals surface area contributed by atoms with E-state index in [1.54, 1.807) is 0 Å². The summed E-state index contributed by atoms with van der Waals surface area (Å²) in [5.41, 5.74) is 0.938. The zero-order valence-electron chi connectivity index (χ0n) is 12.4. The van der Waals surface area contributed by atoms with Gasteiger partial charge in [0, 0.05) is 19.6 Å². The van der Waals surface area contributed by atoms with Gasteiger partial charge in [0.2, 0.25) is 0 Å². The molecule has 1 aliphatic heterocycles. The number of ether oxygens (including phenoxy) is 2. The first-order valence-corrected chi connectivity index (χ1v) is 7.47. The molecular weight excluding hydrogens is 254 g/mol. The van der Waals surface area contributed by atoms with E-state index in [0.717, 1.165) is 37.4 Å². The van der Waals surface area contributed by atoms with Crippen LogP contribution in [0.3, 0.4) is 0 Å². The van der Waals surface area contributed by atoms with E-state index in [4.69, 9.17) is 9.47 Å². The van der Waals surface area contributed by atoms with Crippen molar-refractivity contribution < 1.29 is 14.6 Å². The van der Waals surface area contributed by atoms with Crippen molar-refractivity contribution in [3.05, 3.63) is 29.8 Å². The number of aliphatic hydroxyl groups is 1. The highest BCUT2D eigenvalue weighted by molar-refractivity contribution is 5.28. The summed E-state index contributed by atoms with van der Waals surface area (Å²) < 4.78 is 11.1. The molecule has 1 saturated heterocycles. The minimum Gasteiger partial charge on any atom is -0.494 e. The third-order valence-electron chi connectivity index (χ3n) is 3.69. The molecule has 2 unspecified atom stereocenters. The largest absolute Gasteiger partial charge is 0.494 e. The molecule has 2 atom stereocenters. The molecule has 1 N–H and O–H groups in total. The summed E-state index contributed by atoms with van der Waals surface area (Å²) in [6.07, 6.45) is 0.868. The summed E-state index contributed by atoms with van der Waals surface area (Å²) in [4.78, 5) is 2.28. The molecular formula is C16H25NO3. The molecule has 0 spiro atoms. The SMILES string of the molecule is CCOc1ccc(C(O)CN2CCOC(CC)C2)cc1. The van der Waals surface area contributed by atoms with Crippen LogP contribution in [0.2, 0.25) is 0 Å². The van der Waals surface area contributed by atoms with Crippen molar-refractivity contribution in [2.45, 2.75) is 32.5 Å². The van der Waals surface area contributed by atoms with Crippen LogP contribution in [-0.4, -0.2) is 49.0 Å². The average molecular weight is 279 g/mol. The topological polar surface area (TPSA) is 41.9 Å². The Balaban J connectivity index is 1.88. The predicted octanol–water partition coefficient (Wildman–Crippen LogP) is 2.23. The summed E-state index contributed by atoms with van der Waals surface area (Å²) in [5, 5.41) is 10.3. The quantitative estimate of drug-likeness (QED) is 0.867. The van der Waals surface area contributed by atoms with E-state index in [1.165, 1.54) is 0 Å². The first-order valence-electron chi connectivity index (χ1n) is 7.47. The second-order valence-electron chi connectivity index (χ2n) is 5.18. The van der Waals surface area contributed by atoms with E-state index in [9.17, 15) is 5.11 Å². The number of aliphatic hydroxyl groups excluding tert-OH is 1. The standard InChI is InChI=1S/C16H25NO3/c1-3-14-11-17(9-10-20-14)12-16(18)13-5-7-15(8-6-13)19-4-2/h5-8,14,16,18H,3-4,9-12H2,1-2H3. The van der Waals surface area contributed by atoms with Crippen LogP contribution in [0.4, 0.5) is 0 Å². The van der Waals surface area contributed by atoms with Gasteiger partial charge in [-0.05, 0) is 31.0 Å². The molecule has 1 fully saturated rings. The van der Waals surface area contributed by atoms with Crippen LogP contribution in [0.15, 0.2) is 24.3 Å². The number of hydrogen-bond donors (Lipinski definition) is 1. The Morgan fingerprint density at radius 3 is 2.75 bits per heavy atom. The average Bonchev–Trinajstić information content (AvgIpc) is 2.48. The van der Waals surface area contributed by atoms with Gasteiger partial charge in [0.25, 0.3) is 0 Å². The summed E-state index contributed by atoms with van der Waals surface area (Å²) in [7, 11) is 0. The van der Waals surface area contributed by atoms with Crippen molar-refractivity contribution in [1.29, 1.82) is 0 Å². The fraction of sp³-hybridized carbons (Fsp3) is 0.625. The first kappa shape index (κ1) is 15.3. The van der Waals surface area contributed by atoms with Crippen molar-refractivity contribution in [2.24, 2.45) is 0 Å². The van der Waals surface area contributed by atoms with Crippen LogP contribution in [0, 0.1) is 0 Å². The van der Waals surface area contributed by atoms with Crippen molar-refractivity contribution in [3.8, 4) is 5.75 Å². The highest BCUT2D eigenvalue weighted by atomic mass is 16.5. The van der Waals surface area contributed by atoms with Crippen LogP contribution in [0.1, 0.15) is 31.9 Å². The Labute approximate surface area is 121 Å². The molecule has 1 heterocycles. The maximum atomic E-state index is 10.3. The van der Waals surface area contributed by atoms with Crippen LogP contribution in [0.5, 0.6) is 5.75 Å². The number of benzene rings is 1. The Kier molecular flexibility index (Phi) is 5.83. The molecule has 0 saturated carbocycles. The third-order valence-corrected chi connectivity index (χ3v) is 3.69. The lowest BCUT2D eigenvalue weighted by atomic mass is 10.1. The van der Waals surface area contributed by atoms with E-state index in [2.05, 4.69) is 11.8 Å². The first-order chi connectivity index (χ1) is 9.72. The molecule has 1 aromatic rings. The summed E-state index contributed by atoms with van der Waals surface area (Å²) in [5.74, 6) is 0.848. The van der Waals surface area contributed by atoms with Gasteiger partial charge in [0.1, 0.15) is 5.75 Å². The maximum absolute atomic E-state index is 10.3. The summed E-state index contributed by atoms with van der Waals surface area (Å²) >= 11 is 0. The Bertz CT molecular complexity index is 393. The fourth-order valence-electron chi connectivity index (χ4n) is 2.50. The molecule has 0 aromatic heterocycles. The fourth-order valence-corrected chi connectivity index (χ4v) is 2.50. The Morgan fingerprint density at radius 1 is 1.35 bits per heavy atom. The molecule has 4 heteroatoms. The van der Waals surface area contributed by atoms with Crippen molar-refractivity contribution in [1.82, 2.24) is 4.90 Å². The van der Waals surface area contributed by atoms with Crippen molar-refractivity contribution in [2.75, 3.05) is 32.8 Å². The molecule has 0 aliphatic carbocycles. The normalized spacial score (nSPS) is 21.6. The molecule has 2 rings (SSSR count). The monoisotopic (exact) mass is 279 g/mol. The molecule has 0 radical (unpaired) electrons. The van der Waals surface area contributed by atoms with Crippen LogP contribution in [-0.2, 0) is 4.74 Å². The van der Waals surface area contributed by atoms with Gasteiger partial charge in [-0.3, -0.25) is 4.90 Å². The lowest BCUT2D eigenvalue weighted by Gasteiger charge is -2.33. The molecule has 1 aliphatic rings. The van der Waals surface area contributed by atoms with Gasteiger partial charge in [-0.1, -0.05) is 19.1 Å². The van der Waals surface area contributed by atoms with Gasteiger partial charge in [0.05, 0.1) is 25.4 Å². The van der Waals surface area contributed by atoms with Crippen LogP contribution < -0.4 is 4.74 Å². The highest BCUT2D eigenvalue weighted by Gasteiger charge is 2.21. The van der Waals surface area contributed by atoms with E-state index in [1.807, 2.05) is 31.2 Å². The van der Waals surface area contributed by atoms with E-state index < -0.39 is 6.10 Å². The number of rotatable bonds is 6. The van der Waals surface area contributed by atoms with Gasteiger partial charge in [-0.25, -0.2) is 0 Å². The Morgan fingerprint density at radius 2 is 2.10 bits per heavy atom. The van der Waals surface area contributed by atoms with Gasteiger partial charge >= 0.3 is 0 Å². The van der Waals surface area contributed by atoms with E-state index in [-0.39, 0.29) is 0 Å². The zero-order valence-corrected chi connectivity index (χ0v) is 12.4. The molecule has 0 bridgehead atoms. The number of β-amino-alcohol motifs (C(OH)–C–C–N with tert-alkyl or cyclic N) is 1. The molecule has 20 heavy (non-hydrogen) atoms. The van der Waals surface area contributed by atoms with Crippen molar-refractivity contribution in [3.63, 3.8) is 0 Å². The Hall–Kier alpha value is -1.10. The third kappa shape index (κ3) is 4.20. The molecule has 1 aromatic carbocycles. The highest BCUT2D eigenvalue weighted by Crippen LogP contribution is 2.20. The minimum atomic E-state index is -0.457. The smallest absolute Gasteiger partial charge is 0.119 e. The number of nitrogens with zero attached hydrogens (tertiary/aromatic N) is 1. The zero-order chi connectivity index (χ0) is 14.4. The van der Waals surface area contributed by atoms with Gasteiger partial charge in [0.15, 0.2) is 0 Å². The number of hydrogen-bond acceptors (Lipinski definition) is 4. The van der Waals surface area contributed by atoms with Gasteiger partial charge < -0.3 is 14.6 Å². The van der Waals surface area contributed by atoms with Crippen LogP contribution >= 0.6 is 0 Å². The maximum Gasteiger partial charge on any atom is 0.119 e. The lowest BCUT2D eigenvalue weighted by molar-refractivity contribution is -0.0418. The van der Waals surface area contributed by atoms with Gasteiger partial charge in [-0.15, -0.1) is 0 Å². The minimum absolute atomic E-state index is 0.302. The molecule has 0 amide bonds. The second kappa shape index (κ2) is 7.62. The summed E-state index contributed by atoms with van der Waals surface area (Å²) in [6.45, 7) is 7.98. The molecule has 4 nitrogen and oxygen atoms in total. The number of morpholine rings is 1. The van der Waals surface area contributed by atoms with E-state index in [0.29, 0.717) is 19.3 Å². The van der Waals surface area contributed by atoms with Gasteiger partial charge in [-0.2, -0.15) is 0 Å².